The number of hydrogen-bond donors (Lipinski definition) is 3. The van der Waals surface area contributed by atoms with Crippen LogP contribution < -0.4 is 20.1 Å². The van der Waals surface area contributed by atoms with Crippen LogP contribution in [0, 0.1) is 12.8 Å². The predicted octanol–water partition coefficient (Wildman–Crippen LogP) is 6.30. The Morgan fingerprint density at radius 2 is 1.72 bits per heavy atom. The lowest BCUT2D eigenvalue weighted by molar-refractivity contribution is 0.00966. The molecule has 0 bridgehead atoms. The van der Waals surface area contributed by atoms with Gasteiger partial charge in [0.25, 0.3) is 0 Å². The number of rotatable bonds is 20. The first-order valence-electron chi connectivity index (χ1n) is 16.6. The highest BCUT2D eigenvalue weighted by Crippen LogP contribution is 2.44. The summed E-state index contributed by atoms with van der Waals surface area (Å²) in [5, 5.41) is 14.6. The molecule has 3 aromatic rings. The monoisotopic (exact) mass is 670 g/mol. The van der Waals surface area contributed by atoms with Crippen LogP contribution in [0.5, 0.6) is 11.5 Å². The molecule has 1 amide bonds. The van der Waals surface area contributed by atoms with Gasteiger partial charge in [0.05, 0.1) is 59.1 Å². The maximum atomic E-state index is 11.7. The van der Waals surface area contributed by atoms with E-state index in [-0.39, 0.29) is 6.09 Å². The molecule has 1 fully saturated rings. The van der Waals surface area contributed by atoms with Crippen molar-refractivity contribution in [3.63, 3.8) is 0 Å². The molecular formula is C35H47ClN4O7. The Morgan fingerprint density at radius 3 is 2.47 bits per heavy atom. The second-order valence-corrected chi connectivity index (χ2v) is 12.2. The molecule has 1 aromatic heterocycles. The minimum absolute atomic E-state index is 0.380. The van der Waals surface area contributed by atoms with E-state index >= 15 is 0 Å². The number of halogens is 1. The minimum Gasteiger partial charge on any atom is -0.493 e. The van der Waals surface area contributed by atoms with Crippen molar-refractivity contribution in [2.75, 3.05) is 71.8 Å². The van der Waals surface area contributed by atoms with Gasteiger partial charge in [-0.1, -0.05) is 49.4 Å². The fraction of sp³-hybridized carbons (Fsp3) is 0.543. The summed E-state index contributed by atoms with van der Waals surface area (Å²) in [6, 6.07) is 9.94. The Kier molecular flexibility index (Phi) is 13.4. The van der Waals surface area contributed by atoms with Crippen LogP contribution in [0.1, 0.15) is 54.4 Å². The number of ether oxygens (including phenoxy) is 6. The zero-order chi connectivity index (χ0) is 32.8. The van der Waals surface area contributed by atoms with E-state index in [0.29, 0.717) is 83.4 Å². The van der Waals surface area contributed by atoms with Crippen LogP contribution in [0.3, 0.4) is 0 Å². The SMILES string of the molecule is COc1cc2c(cc1OCCOCCOCCOCCNC(=O)OCCC1CCCC1)Cc1c(NCc3c(C)cccc3Cl)n[nH]c1-2. The van der Waals surface area contributed by atoms with Crippen molar-refractivity contribution >= 4 is 23.5 Å². The van der Waals surface area contributed by atoms with Crippen molar-refractivity contribution in [3.05, 3.63) is 57.6 Å². The fourth-order valence-electron chi connectivity index (χ4n) is 6.06. The van der Waals surface area contributed by atoms with E-state index in [1.165, 1.54) is 25.7 Å². The highest BCUT2D eigenvalue weighted by molar-refractivity contribution is 6.31. The van der Waals surface area contributed by atoms with Gasteiger partial charge in [0.15, 0.2) is 17.3 Å². The maximum absolute atomic E-state index is 11.7. The fourth-order valence-corrected chi connectivity index (χ4v) is 6.35. The molecule has 1 saturated carbocycles. The minimum atomic E-state index is -0.381. The first kappa shape index (κ1) is 34.8. The van der Waals surface area contributed by atoms with E-state index in [1.807, 2.05) is 24.3 Å². The van der Waals surface area contributed by atoms with Crippen LogP contribution in [0.2, 0.25) is 5.02 Å². The second-order valence-electron chi connectivity index (χ2n) is 11.8. The first-order valence-corrected chi connectivity index (χ1v) is 16.9. The van der Waals surface area contributed by atoms with Gasteiger partial charge in [-0.15, -0.1) is 0 Å². The predicted molar refractivity (Wildman–Crippen MR) is 181 cm³/mol. The zero-order valence-corrected chi connectivity index (χ0v) is 28.2. The first-order chi connectivity index (χ1) is 23.0. The van der Waals surface area contributed by atoms with Crippen molar-refractivity contribution < 1.29 is 33.2 Å². The summed E-state index contributed by atoms with van der Waals surface area (Å²) in [5.41, 5.74) is 6.49. The highest BCUT2D eigenvalue weighted by atomic mass is 35.5. The highest BCUT2D eigenvalue weighted by Gasteiger charge is 2.27. The Bertz CT molecular complexity index is 1420. The number of amides is 1. The van der Waals surface area contributed by atoms with Crippen LogP contribution in [0.4, 0.5) is 10.6 Å². The van der Waals surface area contributed by atoms with Crippen molar-refractivity contribution in [2.45, 2.75) is 52.0 Å². The van der Waals surface area contributed by atoms with Gasteiger partial charge in [-0.2, -0.15) is 5.10 Å². The van der Waals surface area contributed by atoms with Gasteiger partial charge in [0, 0.05) is 35.7 Å². The van der Waals surface area contributed by atoms with Crippen molar-refractivity contribution in [1.82, 2.24) is 15.5 Å². The third-order valence-corrected chi connectivity index (χ3v) is 9.01. The zero-order valence-electron chi connectivity index (χ0n) is 27.5. The number of nitrogens with one attached hydrogen (secondary N) is 3. The van der Waals surface area contributed by atoms with Crippen LogP contribution in [-0.4, -0.2) is 82.8 Å². The van der Waals surface area contributed by atoms with Gasteiger partial charge in [-0.05, 0) is 54.2 Å². The van der Waals surface area contributed by atoms with Crippen LogP contribution in [0.15, 0.2) is 30.3 Å². The molecule has 256 valence electrons. The van der Waals surface area contributed by atoms with Gasteiger partial charge >= 0.3 is 6.09 Å². The van der Waals surface area contributed by atoms with E-state index in [1.54, 1.807) is 7.11 Å². The molecule has 1 heterocycles. The summed E-state index contributed by atoms with van der Waals surface area (Å²) >= 11 is 6.42. The summed E-state index contributed by atoms with van der Waals surface area (Å²) in [6.45, 7) is 6.54. The number of methoxy groups -OCH3 is 1. The largest absolute Gasteiger partial charge is 0.493 e. The smallest absolute Gasteiger partial charge is 0.407 e. The van der Waals surface area contributed by atoms with Gasteiger partial charge in [-0.3, -0.25) is 5.10 Å². The van der Waals surface area contributed by atoms with E-state index in [2.05, 4.69) is 33.8 Å². The molecule has 0 aliphatic heterocycles. The number of aromatic amines is 1. The average molecular weight is 671 g/mol. The number of H-pyrrole nitrogens is 1. The van der Waals surface area contributed by atoms with E-state index in [0.717, 1.165) is 57.2 Å². The molecule has 47 heavy (non-hydrogen) atoms. The molecule has 5 rings (SSSR count). The van der Waals surface area contributed by atoms with E-state index < -0.39 is 0 Å². The molecule has 2 aliphatic carbocycles. The number of aromatic nitrogens is 2. The lowest BCUT2D eigenvalue weighted by atomic mass is 10.1. The second kappa shape index (κ2) is 18.1. The van der Waals surface area contributed by atoms with Gasteiger partial charge in [-0.25, -0.2) is 4.79 Å². The number of fused-ring (bicyclic) bond motifs is 3. The third kappa shape index (κ3) is 9.99. The summed E-state index contributed by atoms with van der Waals surface area (Å²) in [4.78, 5) is 11.7. The molecule has 0 atom stereocenters. The number of benzene rings is 2. The molecule has 0 spiro atoms. The van der Waals surface area contributed by atoms with Gasteiger partial charge in [0.2, 0.25) is 0 Å². The van der Waals surface area contributed by atoms with Gasteiger partial charge < -0.3 is 39.1 Å². The maximum Gasteiger partial charge on any atom is 0.407 e. The lowest BCUT2D eigenvalue weighted by Gasteiger charge is -2.13. The quantitative estimate of drug-likeness (QED) is 0.0930. The number of aryl methyl sites for hydroxylation is 1. The van der Waals surface area contributed by atoms with Crippen LogP contribution in [-0.2, 0) is 31.9 Å². The number of carbonyl (C=O) groups excluding carboxylic acids is 1. The number of carbonyl (C=O) groups is 1. The van der Waals surface area contributed by atoms with Gasteiger partial charge in [0.1, 0.15) is 6.61 Å². The number of hydrogen-bond acceptors (Lipinski definition) is 9. The standard InChI is InChI=1S/C35H47ClN4O7/c1-24-6-5-9-30(36)29(24)23-38-34-28-20-26-21-32(31(42-2)22-27(26)33(28)39-40-34)46-19-18-45-17-16-44-15-14-43-13-11-37-35(41)47-12-10-25-7-3-4-8-25/h5-6,9,21-22,25H,3-4,7-8,10-20,23H2,1-2H3,(H,37,41)(H2,38,39,40). The van der Waals surface area contributed by atoms with Crippen molar-refractivity contribution in [2.24, 2.45) is 5.92 Å². The Morgan fingerprint density at radius 1 is 0.979 bits per heavy atom. The summed E-state index contributed by atoms with van der Waals surface area (Å²) < 4.78 is 33.6. The molecule has 11 nitrogen and oxygen atoms in total. The molecule has 12 heteroatoms. The van der Waals surface area contributed by atoms with E-state index in [9.17, 15) is 4.79 Å². The molecular weight excluding hydrogens is 624 g/mol. The number of nitrogens with zero attached hydrogens (tertiary/aromatic N) is 1. The Hall–Kier alpha value is -3.51. The van der Waals surface area contributed by atoms with Crippen LogP contribution in [0.25, 0.3) is 11.3 Å². The van der Waals surface area contributed by atoms with Crippen molar-refractivity contribution in [1.29, 1.82) is 0 Å². The summed E-state index contributed by atoms with van der Waals surface area (Å²) in [5.74, 6) is 2.86. The average Bonchev–Trinajstić information content (AvgIpc) is 3.81. The van der Waals surface area contributed by atoms with E-state index in [4.69, 9.17) is 40.0 Å². The Labute approximate surface area is 281 Å². The molecule has 2 aliphatic rings. The molecule has 0 unspecified atom stereocenters. The van der Waals surface area contributed by atoms with Crippen molar-refractivity contribution in [3.8, 4) is 22.8 Å². The number of alkyl carbamates (subject to hydrolysis) is 1. The number of anilines is 1. The lowest BCUT2D eigenvalue weighted by Crippen LogP contribution is -2.28. The summed E-state index contributed by atoms with van der Waals surface area (Å²) in [7, 11) is 1.64. The summed E-state index contributed by atoms with van der Waals surface area (Å²) in [6.07, 6.45) is 6.43. The Balaban J connectivity index is 0.918. The normalized spacial score (nSPS) is 13.8. The molecule has 0 saturated heterocycles. The third-order valence-electron chi connectivity index (χ3n) is 8.66. The van der Waals surface area contributed by atoms with Crippen LogP contribution >= 0.6 is 11.6 Å². The molecule has 0 radical (unpaired) electrons. The molecule has 2 aromatic carbocycles. The molecule has 3 N–H and O–H groups in total. The topological polar surface area (TPSA) is 125 Å².